The van der Waals surface area contributed by atoms with Crippen LogP contribution in [0.2, 0.25) is 0 Å². The number of rotatable bonds is 4. The molecule has 0 aliphatic carbocycles. The van der Waals surface area contributed by atoms with Gasteiger partial charge in [0.15, 0.2) is 5.76 Å². The van der Waals surface area contributed by atoms with Gasteiger partial charge >= 0.3 is 0 Å². The zero-order valence-electron chi connectivity index (χ0n) is 10.9. The molecule has 0 radical (unpaired) electrons. The number of ether oxygens (including phenoxy) is 1. The Bertz CT molecular complexity index is 532. The number of nitrogens with two attached hydrogens (primary N) is 1. The highest BCUT2D eigenvalue weighted by Gasteiger charge is 2.15. The van der Waals surface area contributed by atoms with E-state index in [-0.39, 0.29) is 0 Å². The Morgan fingerprint density at radius 2 is 2.17 bits per heavy atom. The van der Waals surface area contributed by atoms with Gasteiger partial charge in [-0.3, -0.25) is 0 Å². The van der Waals surface area contributed by atoms with E-state index in [9.17, 15) is 0 Å². The van der Waals surface area contributed by atoms with Gasteiger partial charge in [0.25, 0.3) is 0 Å². The predicted octanol–water partition coefficient (Wildman–Crippen LogP) is 2.93. The fourth-order valence-corrected chi connectivity index (χ4v) is 1.88. The van der Waals surface area contributed by atoms with Crippen LogP contribution in [-0.4, -0.2) is 12.3 Å². The second-order valence-corrected chi connectivity index (χ2v) is 4.50. The van der Waals surface area contributed by atoms with E-state index in [1.165, 1.54) is 5.56 Å². The number of aromatic nitrogens is 1. The molecule has 4 nitrogen and oxygen atoms in total. The van der Waals surface area contributed by atoms with Gasteiger partial charge in [0.05, 0.1) is 18.9 Å². The molecule has 2 rings (SSSR count). The Kier molecular flexibility index (Phi) is 3.67. The quantitative estimate of drug-likeness (QED) is 0.901. The van der Waals surface area contributed by atoms with Gasteiger partial charge in [-0.2, -0.15) is 0 Å². The third-order valence-corrected chi connectivity index (χ3v) is 3.00. The molecule has 2 N–H and O–H groups in total. The summed E-state index contributed by atoms with van der Waals surface area (Å²) in [5.74, 6) is 1.92. The first-order valence-electron chi connectivity index (χ1n) is 5.99. The number of nitrogens with zero attached hydrogens (tertiary/aromatic N) is 1. The van der Waals surface area contributed by atoms with Gasteiger partial charge < -0.3 is 15.0 Å². The van der Waals surface area contributed by atoms with E-state index >= 15 is 0 Å². The minimum Gasteiger partial charge on any atom is -0.496 e. The Hall–Kier alpha value is -1.81. The largest absolute Gasteiger partial charge is 0.496 e. The number of benzene rings is 1. The Labute approximate surface area is 107 Å². The van der Waals surface area contributed by atoms with E-state index < -0.39 is 0 Å². The second kappa shape index (κ2) is 5.23. The molecule has 0 saturated heterocycles. The molecule has 2 aromatic rings. The molecule has 0 atom stereocenters. The topological polar surface area (TPSA) is 61.3 Å². The van der Waals surface area contributed by atoms with Crippen molar-refractivity contribution in [3.05, 3.63) is 35.5 Å². The van der Waals surface area contributed by atoms with Gasteiger partial charge in [-0.25, -0.2) is 0 Å². The highest BCUT2D eigenvalue weighted by Crippen LogP contribution is 2.34. The number of hydrogen-bond donors (Lipinski definition) is 1. The Morgan fingerprint density at radius 3 is 2.78 bits per heavy atom. The molecule has 0 saturated carbocycles. The maximum Gasteiger partial charge on any atom is 0.175 e. The average Bonchev–Trinajstić information content (AvgIpc) is 2.85. The Morgan fingerprint density at radius 1 is 1.39 bits per heavy atom. The fourth-order valence-electron chi connectivity index (χ4n) is 1.88. The maximum atomic E-state index is 5.66. The third-order valence-electron chi connectivity index (χ3n) is 3.00. The summed E-state index contributed by atoms with van der Waals surface area (Å²) in [7, 11) is 1.65. The van der Waals surface area contributed by atoms with Gasteiger partial charge in [-0.15, -0.1) is 0 Å². The molecular formula is C14H18N2O2. The second-order valence-electron chi connectivity index (χ2n) is 4.50. The molecule has 18 heavy (non-hydrogen) atoms. The van der Waals surface area contributed by atoms with Gasteiger partial charge in [0.1, 0.15) is 5.75 Å². The molecule has 0 spiro atoms. The molecule has 1 heterocycles. The minimum absolute atomic E-state index is 0.397. The van der Waals surface area contributed by atoms with Gasteiger partial charge in [0.2, 0.25) is 0 Å². The lowest BCUT2D eigenvalue weighted by Gasteiger charge is -2.11. The van der Waals surface area contributed by atoms with Crippen LogP contribution in [0.4, 0.5) is 0 Å². The summed E-state index contributed by atoms with van der Waals surface area (Å²) in [5, 5.41) is 3.79. The molecule has 0 aliphatic rings. The standard InChI is InChI=1S/C14H18N2O2/c1-9(2)10-4-5-12(13(6-10)17-3)14-11(7-15)8-16-18-14/h4-6,8-9H,7,15H2,1-3H3. The molecule has 0 unspecified atom stereocenters. The first-order valence-corrected chi connectivity index (χ1v) is 5.99. The third kappa shape index (κ3) is 2.24. The summed E-state index contributed by atoms with van der Waals surface area (Å²) in [4.78, 5) is 0. The van der Waals surface area contributed by atoms with Crippen molar-refractivity contribution in [2.75, 3.05) is 7.11 Å². The van der Waals surface area contributed by atoms with Crippen LogP contribution in [0.3, 0.4) is 0 Å². The van der Waals surface area contributed by atoms with Crippen LogP contribution in [0.15, 0.2) is 28.9 Å². The average molecular weight is 246 g/mol. The van der Waals surface area contributed by atoms with E-state index in [4.69, 9.17) is 15.0 Å². The van der Waals surface area contributed by atoms with E-state index in [2.05, 4.69) is 25.1 Å². The van der Waals surface area contributed by atoms with Crippen LogP contribution < -0.4 is 10.5 Å². The van der Waals surface area contributed by atoms with Crippen LogP contribution in [0.25, 0.3) is 11.3 Å². The smallest absolute Gasteiger partial charge is 0.175 e. The highest BCUT2D eigenvalue weighted by atomic mass is 16.5. The summed E-state index contributed by atoms with van der Waals surface area (Å²) in [6.07, 6.45) is 1.64. The lowest BCUT2D eigenvalue weighted by Crippen LogP contribution is -1.98. The first kappa shape index (κ1) is 12.6. The van der Waals surface area contributed by atoms with Crippen molar-refractivity contribution in [3.8, 4) is 17.1 Å². The molecule has 4 heteroatoms. The normalized spacial score (nSPS) is 10.9. The molecular weight excluding hydrogens is 228 g/mol. The summed E-state index contributed by atoms with van der Waals surface area (Å²) in [5.41, 5.74) is 8.66. The molecule has 0 bridgehead atoms. The van der Waals surface area contributed by atoms with Crippen molar-refractivity contribution < 1.29 is 9.26 Å². The maximum absolute atomic E-state index is 5.66. The van der Waals surface area contributed by atoms with Crippen molar-refractivity contribution >= 4 is 0 Å². The summed E-state index contributed by atoms with van der Waals surface area (Å²) in [6.45, 7) is 4.69. The molecule has 0 aliphatic heterocycles. The van der Waals surface area contributed by atoms with E-state index in [1.54, 1.807) is 13.3 Å². The zero-order chi connectivity index (χ0) is 13.1. The minimum atomic E-state index is 0.397. The van der Waals surface area contributed by atoms with Crippen LogP contribution >= 0.6 is 0 Å². The zero-order valence-corrected chi connectivity index (χ0v) is 10.9. The van der Waals surface area contributed by atoms with Crippen LogP contribution in [0, 0.1) is 0 Å². The van der Waals surface area contributed by atoms with E-state index in [1.807, 2.05) is 12.1 Å². The molecule has 1 aromatic heterocycles. The summed E-state index contributed by atoms with van der Waals surface area (Å²) < 4.78 is 10.7. The van der Waals surface area contributed by atoms with Crippen molar-refractivity contribution in [1.82, 2.24) is 5.16 Å². The van der Waals surface area contributed by atoms with Crippen molar-refractivity contribution in [1.29, 1.82) is 0 Å². The molecule has 0 fully saturated rings. The Balaban J connectivity index is 2.51. The summed E-state index contributed by atoms with van der Waals surface area (Å²) in [6, 6.07) is 6.10. The van der Waals surface area contributed by atoms with E-state index in [0.717, 1.165) is 16.9 Å². The SMILES string of the molecule is COc1cc(C(C)C)ccc1-c1oncc1CN. The molecule has 0 amide bonds. The molecule has 96 valence electrons. The highest BCUT2D eigenvalue weighted by molar-refractivity contribution is 5.69. The lowest BCUT2D eigenvalue weighted by atomic mass is 9.99. The predicted molar refractivity (Wildman–Crippen MR) is 70.5 cm³/mol. The number of hydrogen-bond acceptors (Lipinski definition) is 4. The van der Waals surface area contributed by atoms with Crippen LogP contribution in [-0.2, 0) is 6.54 Å². The van der Waals surface area contributed by atoms with Gasteiger partial charge in [-0.05, 0) is 23.6 Å². The lowest BCUT2D eigenvalue weighted by molar-refractivity contribution is 0.405. The number of methoxy groups -OCH3 is 1. The van der Waals surface area contributed by atoms with Crippen LogP contribution in [0.5, 0.6) is 5.75 Å². The van der Waals surface area contributed by atoms with Crippen molar-refractivity contribution in [2.45, 2.75) is 26.3 Å². The molecule has 1 aromatic carbocycles. The fraction of sp³-hybridized carbons (Fsp3) is 0.357. The van der Waals surface area contributed by atoms with Gasteiger partial charge in [-0.1, -0.05) is 25.1 Å². The van der Waals surface area contributed by atoms with Gasteiger partial charge in [0, 0.05) is 12.1 Å². The first-order chi connectivity index (χ1) is 8.67. The summed E-state index contributed by atoms with van der Waals surface area (Å²) >= 11 is 0. The van der Waals surface area contributed by atoms with Crippen molar-refractivity contribution in [3.63, 3.8) is 0 Å². The monoisotopic (exact) mass is 246 g/mol. The van der Waals surface area contributed by atoms with Crippen LogP contribution in [0.1, 0.15) is 30.9 Å². The van der Waals surface area contributed by atoms with Crippen molar-refractivity contribution in [2.24, 2.45) is 5.73 Å². The van der Waals surface area contributed by atoms with E-state index in [0.29, 0.717) is 18.2 Å².